The molecule has 2 nitrogen and oxygen atoms in total. The SMILES string of the molecule is Cc1ccc(COc2ccc3c(c2)CC[C@H]3N)c(Cl)c1. The molecule has 1 aliphatic carbocycles. The van der Waals surface area contributed by atoms with Crippen molar-refractivity contribution in [2.75, 3.05) is 0 Å². The lowest BCUT2D eigenvalue weighted by atomic mass is 10.1. The van der Waals surface area contributed by atoms with Crippen molar-refractivity contribution in [3.63, 3.8) is 0 Å². The molecule has 0 radical (unpaired) electrons. The molecule has 2 aromatic rings. The van der Waals surface area contributed by atoms with E-state index in [1.54, 1.807) is 0 Å². The second kappa shape index (κ2) is 5.47. The predicted molar refractivity (Wildman–Crippen MR) is 82.2 cm³/mol. The molecular formula is C17H18ClNO. The Labute approximate surface area is 124 Å². The molecule has 2 aromatic carbocycles. The van der Waals surface area contributed by atoms with Gasteiger partial charge in [0.1, 0.15) is 12.4 Å². The lowest BCUT2D eigenvalue weighted by molar-refractivity contribution is 0.306. The summed E-state index contributed by atoms with van der Waals surface area (Å²) in [7, 11) is 0. The molecule has 0 amide bonds. The molecule has 3 heteroatoms. The van der Waals surface area contributed by atoms with Crippen LogP contribution in [0.1, 0.15) is 34.7 Å². The monoisotopic (exact) mass is 287 g/mol. The smallest absolute Gasteiger partial charge is 0.120 e. The minimum atomic E-state index is 0.186. The highest BCUT2D eigenvalue weighted by molar-refractivity contribution is 6.31. The van der Waals surface area contributed by atoms with Crippen molar-refractivity contribution in [2.45, 2.75) is 32.4 Å². The van der Waals surface area contributed by atoms with E-state index < -0.39 is 0 Å². The quantitative estimate of drug-likeness (QED) is 0.919. The molecule has 0 aliphatic heterocycles. The van der Waals surface area contributed by atoms with Crippen LogP contribution in [0.15, 0.2) is 36.4 Å². The first kappa shape index (κ1) is 13.5. The van der Waals surface area contributed by atoms with Crippen molar-refractivity contribution in [3.05, 3.63) is 63.7 Å². The Balaban J connectivity index is 1.73. The first-order chi connectivity index (χ1) is 9.63. The van der Waals surface area contributed by atoms with Gasteiger partial charge in [-0.2, -0.15) is 0 Å². The van der Waals surface area contributed by atoms with Crippen LogP contribution in [0, 0.1) is 6.92 Å². The summed E-state index contributed by atoms with van der Waals surface area (Å²) in [5.74, 6) is 0.884. The van der Waals surface area contributed by atoms with Crippen molar-refractivity contribution in [2.24, 2.45) is 5.73 Å². The first-order valence-electron chi connectivity index (χ1n) is 6.90. The van der Waals surface area contributed by atoms with Crippen molar-refractivity contribution in [3.8, 4) is 5.75 Å². The highest BCUT2D eigenvalue weighted by Gasteiger charge is 2.19. The molecule has 0 fully saturated rings. The van der Waals surface area contributed by atoms with E-state index in [1.165, 1.54) is 11.1 Å². The highest BCUT2D eigenvalue weighted by Crippen LogP contribution is 2.32. The summed E-state index contributed by atoms with van der Waals surface area (Å²) in [4.78, 5) is 0. The van der Waals surface area contributed by atoms with Crippen LogP contribution in [0.5, 0.6) is 5.75 Å². The molecule has 20 heavy (non-hydrogen) atoms. The van der Waals surface area contributed by atoms with Gasteiger partial charge in [-0.25, -0.2) is 0 Å². The zero-order chi connectivity index (χ0) is 14.1. The summed E-state index contributed by atoms with van der Waals surface area (Å²) < 4.78 is 5.85. The van der Waals surface area contributed by atoms with Crippen molar-refractivity contribution in [1.82, 2.24) is 0 Å². The summed E-state index contributed by atoms with van der Waals surface area (Å²) in [6, 6.07) is 12.4. The van der Waals surface area contributed by atoms with Crippen LogP contribution in [0.4, 0.5) is 0 Å². The number of ether oxygens (including phenoxy) is 1. The fourth-order valence-electron chi connectivity index (χ4n) is 2.65. The largest absolute Gasteiger partial charge is 0.489 e. The molecule has 1 aliphatic rings. The van der Waals surface area contributed by atoms with E-state index in [4.69, 9.17) is 22.1 Å². The van der Waals surface area contributed by atoms with E-state index in [1.807, 2.05) is 31.2 Å². The standard InChI is InChI=1S/C17H18ClNO/c1-11-2-3-13(16(18)8-11)10-20-14-5-6-15-12(9-14)4-7-17(15)19/h2-3,5-6,8-9,17H,4,7,10,19H2,1H3/t17-/m1/s1. The van der Waals surface area contributed by atoms with Crippen molar-refractivity contribution < 1.29 is 4.74 Å². The van der Waals surface area contributed by atoms with Crippen LogP contribution in [-0.2, 0) is 13.0 Å². The number of fused-ring (bicyclic) bond motifs is 1. The summed E-state index contributed by atoms with van der Waals surface area (Å²) >= 11 is 6.21. The average molecular weight is 288 g/mol. The molecule has 3 rings (SSSR count). The van der Waals surface area contributed by atoms with E-state index in [9.17, 15) is 0 Å². The number of nitrogens with two attached hydrogens (primary N) is 1. The molecule has 0 saturated carbocycles. The van der Waals surface area contributed by atoms with Crippen LogP contribution in [0.25, 0.3) is 0 Å². The lowest BCUT2D eigenvalue weighted by Gasteiger charge is -2.10. The Morgan fingerprint density at radius 2 is 2.10 bits per heavy atom. The van der Waals surface area contributed by atoms with Gasteiger partial charge in [0.25, 0.3) is 0 Å². The van der Waals surface area contributed by atoms with E-state index >= 15 is 0 Å². The van der Waals surface area contributed by atoms with Gasteiger partial charge < -0.3 is 10.5 Å². The molecule has 0 heterocycles. The van der Waals surface area contributed by atoms with Gasteiger partial charge in [0.05, 0.1) is 0 Å². The number of hydrogen-bond acceptors (Lipinski definition) is 2. The van der Waals surface area contributed by atoms with E-state index in [0.29, 0.717) is 6.61 Å². The van der Waals surface area contributed by atoms with Crippen LogP contribution >= 0.6 is 11.6 Å². The molecule has 0 saturated heterocycles. The number of benzene rings is 2. The fourth-order valence-corrected chi connectivity index (χ4v) is 2.94. The van der Waals surface area contributed by atoms with Gasteiger partial charge in [-0.3, -0.25) is 0 Å². The van der Waals surface area contributed by atoms with Crippen molar-refractivity contribution >= 4 is 11.6 Å². The minimum Gasteiger partial charge on any atom is -0.489 e. The molecule has 1 atom stereocenters. The maximum absolute atomic E-state index is 6.21. The van der Waals surface area contributed by atoms with Gasteiger partial charge in [0.2, 0.25) is 0 Å². The summed E-state index contributed by atoms with van der Waals surface area (Å²) in [5.41, 5.74) is 10.8. The van der Waals surface area contributed by atoms with Gasteiger partial charge in [0.15, 0.2) is 0 Å². The maximum Gasteiger partial charge on any atom is 0.120 e. The van der Waals surface area contributed by atoms with Crippen LogP contribution < -0.4 is 10.5 Å². The Bertz CT molecular complexity index is 639. The third-order valence-electron chi connectivity index (χ3n) is 3.84. The van der Waals surface area contributed by atoms with Gasteiger partial charge in [-0.05, 0) is 54.7 Å². The topological polar surface area (TPSA) is 35.2 Å². The van der Waals surface area contributed by atoms with Gasteiger partial charge in [0, 0.05) is 16.6 Å². The number of hydrogen-bond donors (Lipinski definition) is 1. The molecule has 0 aromatic heterocycles. The lowest BCUT2D eigenvalue weighted by Crippen LogP contribution is -2.05. The Morgan fingerprint density at radius 3 is 2.90 bits per heavy atom. The zero-order valence-corrected chi connectivity index (χ0v) is 12.3. The third-order valence-corrected chi connectivity index (χ3v) is 4.19. The summed E-state index contributed by atoms with van der Waals surface area (Å²) in [6.07, 6.45) is 2.07. The van der Waals surface area contributed by atoms with Gasteiger partial charge in [-0.1, -0.05) is 29.8 Å². The van der Waals surface area contributed by atoms with Crippen LogP contribution in [0.2, 0.25) is 5.02 Å². The Morgan fingerprint density at radius 1 is 1.25 bits per heavy atom. The maximum atomic E-state index is 6.21. The third kappa shape index (κ3) is 2.67. The van der Waals surface area contributed by atoms with E-state index in [-0.39, 0.29) is 6.04 Å². The van der Waals surface area contributed by atoms with Crippen LogP contribution in [0.3, 0.4) is 0 Å². The molecule has 2 N–H and O–H groups in total. The molecular weight excluding hydrogens is 270 g/mol. The molecule has 0 bridgehead atoms. The molecule has 0 unspecified atom stereocenters. The van der Waals surface area contributed by atoms with Gasteiger partial charge >= 0.3 is 0 Å². The van der Waals surface area contributed by atoms with Crippen molar-refractivity contribution in [1.29, 1.82) is 0 Å². The Kier molecular flexibility index (Phi) is 3.68. The Hall–Kier alpha value is -1.51. The first-order valence-corrected chi connectivity index (χ1v) is 7.27. The molecule has 104 valence electrons. The number of rotatable bonds is 3. The number of halogens is 1. The molecule has 0 spiro atoms. The minimum absolute atomic E-state index is 0.186. The second-order valence-corrected chi connectivity index (χ2v) is 5.80. The summed E-state index contributed by atoms with van der Waals surface area (Å²) in [5, 5.41) is 0.758. The number of aryl methyl sites for hydroxylation is 2. The second-order valence-electron chi connectivity index (χ2n) is 5.39. The highest BCUT2D eigenvalue weighted by atomic mass is 35.5. The fraction of sp³-hybridized carbons (Fsp3) is 0.294. The van der Waals surface area contributed by atoms with Gasteiger partial charge in [-0.15, -0.1) is 0 Å². The average Bonchev–Trinajstić information content (AvgIpc) is 2.79. The summed E-state index contributed by atoms with van der Waals surface area (Å²) in [6.45, 7) is 2.52. The van der Waals surface area contributed by atoms with Crippen LogP contribution in [-0.4, -0.2) is 0 Å². The predicted octanol–water partition coefficient (Wildman–Crippen LogP) is 4.17. The zero-order valence-electron chi connectivity index (χ0n) is 11.5. The normalized spacial score (nSPS) is 17.1. The van der Waals surface area contributed by atoms with E-state index in [2.05, 4.69) is 12.1 Å². The van der Waals surface area contributed by atoms with E-state index in [0.717, 1.165) is 34.7 Å².